The number of rotatable bonds is 3. The molecule has 4 nitrogen and oxygen atoms in total. The van der Waals surface area contributed by atoms with E-state index in [1.807, 2.05) is 13.8 Å². The van der Waals surface area contributed by atoms with Gasteiger partial charge in [-0.1, -0.05) is 0 Å². The summed E-state index contributed by atoms with van der Waals surface area (Å²) in [6, 6.07) is 2.81. The summed E-state index contributed by atoms with van der Waals surface area (Å²) in [7, 11) is 1.57. The number of phenols is 1. The smallest absolute Gasteiger partial charge is 0.237 e. The highest BCUT2D eigenvalue weighted by Gasteiger charge is 2.15. The normalized spacial score (nSPS) is 12.2. The molecule has 1 amide bonds. The molecule has 0 fully saturated rings. The van der Waals surface area contributed by atoms with E-state index < -0.39 is 6.04 Å². The average molecular weight is 222 g/mol. The van der Waals surface area contributed by atoms with E-state index in [-0.39, 0.29) is 11.7 Å². The summed E-state index contributed by atoms with van der Waals surface area (Å²) in [6.45, 7) is 3.80. The van der Waals surface area contributed by atoms with Gasteiger partial charge in [0.2, 0.25) is 5.91 Å². The molecule has 0 spiro atoms. The molecule has 1 atom stereocenters. The van der Waals surface area contributed by atoms with Crippen LogP contribution in [0.3, 0.4) is 0 Å². The molecule has 0 aromatic heterocycles. The van der Waals surface area contributed by atoms with Crippen LogP contribution in [0.25, 0.3) is 0 Å². The highest BCUT2D eigenvalue weighted by molar-refractivity contribution is 5.81. The molecule has 1 unspecified atom stereocenters. The van der Waals surface area contributed by atoms with E-state index in [1.54, 1.807) is 19.2 Å². The van der Waals surface area contributed by atoms with Crippen LogP contribution in [0.1, 0.15) is 16.7 Å². The van der Waals surface area contributed by atoms with Crippen LogP contribution in [0.2, 0.25) is 0 Å². The number of amides is 1. The van der Waals surface area contributed by atoms with E-state index >= 15 is 0 Å². The van der Waals surface area contributed by atoms with Gasteiger partial charge < -0.3 is 16.2 Å². The number of phenolic OH excluding ortho intramolecular Hbond substituents is 1. The molecule has 88 valence electrons. The Hall–Kier alpha value is -1.55. The first kappa shape index (κ1) is 12.5. The molecular weight excluding hydrogens is 204 g/mol. The highest BCUT2D eigenvalue weighted by Crippen LogP contribution is 2.21. The second-order valence-corrected chi connectivity index (χ2v) is 3.98. The van der Waals surface area contributed by atoms with Gasteiger partial charge in [0.15, 0.2) is 0 Å². The van der Waals surface area contributed by atoms with Crippen molar-refractivity contribution in [3.8, 4) is 5.75 Å². The predicted molar refractivity (Wildman–Crippen MR) is 63.3 cm³/mol. The van der Waals surface area contributed by atoms with E-state index in [1.165, 1.54) is 0 Å². The topological polar surface area (TPSA) is 75.4 Å². The number of carbonyl (C=O) groups is 1. The Morgan fingerprint density at radius 2 is 1.94 bits per heavy atom. The minimum atomic E-state index is -0.549. The zero-order chi connectivity index (χ0) is 12.3. The molecule has 16 heavy (non-hydrogen) atoms. The number of benzene rings is 1. The van der Waals surface area contributed by atoms with Crippen LogP contribution >= 0.6 is 0 Å². The van der Waals surface area contributed by atoms with Crippen molar-refractivity contribution in [2.45, 2.75) is 26.3 Å². The number of carbonyl (C=O) groups excluding carboxylic acids is 1. The zero-order valence-electron chi connectivity index (χ0n) is 9.87. The maximum atomic E-state index is 11.3. The van der Waals surface area contributed by atoms with E-state index in [0.717, 1.165) is 16.7 Å². The molecule has 4 N–H and O–H groups in total. The molecule has 4 heteroatoms. The number of hydrogen-bond acceptors (Lipinski definition) is 3. The Morgan fingerprint density at radius 3 is 2.38 bits per heavy atom. The Labute approximate surface area is 95.5 Å². The van der Waals surface area contributed by atoms with Crippen molar-refractivity contribution in [3.63, 3.8) is 0 Å². The van der Waals surface area contributed by atoms with Gasteiger partial charge in [-0.25, -0.2) is 0 Å². The van der Waals surface area contributed by atoms with Crippen LogP contribution in [0.15, 0.2) is 12.1 Å². The molecule has 1 rings (SSSR count). The number of hydrogen-bond donors (Lipinski definition) is 3. The Kier molecular flexibility index (Phi) is 3.90. The summed E-state index contributed by atoms with van der Waals surface area (Å²) in [6.07, 6.45) is 0.484. The van der Waals surface area contributed by atoms with Crippen molar-refractivity contribution in [2.75, 3.05) is 7.05 Å². The van der Waals surface area contributed by atoms with Gasteiger partial charge in [0.25, 0.3) is 0 Å². The molecule has 0 saturated heterocycles. The third-order valence-electron chi connectivity index (χ3n) is 2.69. The van der Waals surface area contributed by atoms with Crippen LogP contribution in [0.4, 0.5) is 0 Å². The highest BCUT2D eigenvalue weighted by atomic mass is 16.3. The maximum absolute atomic E-state index is 11.3. The molecule has 0 radical (unpaired) electrons. The lowest BCUT2D eigenvalue weighted by Crippen LogP contribution is -2.40. The second-order valence-electron chi connectivity index (χ2n) is 3.98. The van der Waals surface area contributed by atoms with E-state index in [2.05, 4.69) is 5.32 Å². The second kappa shape index (κ2) is 4.99. The lowest BCUT2D eigenvalue weighted by Gasteiger charge is -2.14. The first-order chi connectivity index (χ1) is 7.45. The van der Waals surface area contributed by atoms with Crippen LogP contribution in [0.5, 0.6) is 5.75 Å². The minimum absolute atomic E-state index is 0.174. The van der Waals surface area contributed by atoms with Gasteiger partial charge >= 0.3 is 0 Å². The Bertz CT molecular complexity index is 379. The third kappa shape index (κ3) is 2.73. The van der Waals surface area contributed by atoms with Crippen LogP contribution in [0, 0.1) is 13.8 Å². The number of likely N-dealkylation sites (N-methyl/N-ethyl adjacent to an activating group) is 1. The average Bonchev–Trinajstić information content (AvgIpc) is 2.21. The molecule has 0 aliphatic carbocycles. The van der Waals surface area contributed by atoms with Gasteiger partial charge in [0.1, 0.15) is 5.75 Å². The Morgan fingerprint density at radius 1 is 1.44 bits per heavy atom. The van der Waals surface area contributed by atoms with Crippen molar-refractivity contribution < 1.29 is 9.90 Å². The number of nitrogens with two attached hydrogens (primary N) is 1. The number of aromatic hydroxyl groups is 1. The van der Waals surface area contributed by atoms with E-state index in [0.29, 0.717) is 6.42 Å². The lowest BCUT2D eigenvalue weighted by atomic mass is 9.96. The molecule has 0 heterocycles. The summed E-state index contributed by atoms with van der Waals surface area (Å²) in [5.74, 6) is 0.0686. The molecule has 1 aromatic rings. The molecule has 0 aliphatic rings. The van der Waals surface area contributed by atoms with Gasteiger partial charge in [-0.15, -0.1) is 0 Å². The molecule has 0 aliphatic heterocycles. The maximum Gasteiger partial charge on any atom is 0.237 e. The van der Waals surface area contributed by atoms with Crippen molar-refractivity contribution in [3.05, 3.63) is 28.8 Å². The first-order valence-corrected chi connectivity index (χ1v) is 5.22. The summed E-state index contributed by atoms with van der Waals surface area (Å²) in [4.78, 5) is 11.3. The molecule has 1 aromatic carbocycles. The van der Waals surface area contributed by atoms with Crippen LogP contribution in [-0.2, 0) is 11.2 Å². The number of aryl methyl sites for hydroxylation is 2. The minimum Gasteiger partial charge on any atom is -0.508 e. The Balaban J connectivity index is 2.93. The standard InChI is InChI=1S/C12H18N2O2/c1-7-4-9(15)5-8(2)10(7)6-11(13)12(16)14-3/h4-5,11,15H,6,13H2,1-3H3,(H,14,16). The molecule has 0 bridgehead atoms. The SMILES string of the molecule is CNC(=O)C(N)Cc1c(C)cc(O)cc1C. The van der Waals surface area contributed by atoms with E-state index in [9.17, 15) is 9.90 Å². The largest absolute Gasteiger partial charge is 0.508 e. The summed E-state index contributed by atoms with van der Waals surface area (Å²) < 4.78 is 0. The lowest BCUT2D eigenvalue weighted by molar-refractivity contribution is -0.121. The van der Waals surface area contributed by atoms with Crippen molar-refractivity contribution in [1.82, 2.24) is 5.32 Å². The quantitative estimate of drug-likeness (QED) is 0.702. The zero-order valence-corrected chi connectivity index (χ0v) is 9.87. The molecular formula is C12H18N2O2. The van der Waals surface area contributed by atoms with Crippen molar-refractivity contribution >= 4 is 5.91 Å². The fourth-order valence-corrected chi connectivity index (χ4v) is 1.79. The van der Waals surface area contributed by atoms with Gasteiger partial charge in [-0.05, 0) is 49.1 Å². The van der Waals surface area contributed by atoms with Gasteiger partial charge in [-0.2, -0.15) is 0 Å². The van der Waals surface area contributed by atoms with E-state index in [4.69, 9.17) is 5.73 Å². The fourth-order valence-electron chi connectivity index (χ4n) is 1.79. The predicted octanol–water partition coefficient (Wildman–Crippen LogP) is 0.625. The van der Waals surface area contributed by atoms with Gasteiger partial charge in [-0.3, -0.25) is 4.79 Å². The fraction of sp³-hybridized carbons (Fsp3) is 0.417. The number of nitrogens with one attached hydrogen (secondary N) is 1. The van der Waals surface area contributed by atoms with Gasteiger partial charge in [0.05, 0.1) is 6.04 Å². The molecule has 0 saturated carbocycles. The summed E-state index contributed by atoms with van der Waals surface area (Å²) in [5.41, 5.74) is 8.69. The van der Waals surface area contributed by atoms with Gasteiger partial charge in [0, 0.05) is 7.05 Å². The van der Waals surface area contributed by atoms with Crippen molar-refractivity contribution in [2.24, 2.45) is 5.73 Å². The van der Waals surface area contributed by atoms with Crippen LogP contribution in [-0.4, -0.2) is 24.1 Å². The summed E-state index contributed by atoms with van der Waals surface area (Å²) >= 11 is 0. The first-order valence-electron chi connectivity index (χ1n) is 5.22. The summed E-state index contributed by atoms with van der Waals surface area (Å²) in [5, 5.41) is 11.9. The van der Waals surface area contributed by atoms with Crippen molar-refractivity contribution in [1.29, 1.82) is 0 Å². The third-order valence-corrected chi connectivity index (χ3v) is 2.69. The monoisotopic (exact) mass is 222 g/mol. The van der Waals surface area contributed by atoms with Crippen LogP contribution < -0.4 is 11.1 Å².